The van der Waals surface area contributed by atoms with Crippen LogP contribution in [0.15, 0.2) is 12.4 Å². The second kappa shape index (κ2) is 5.16. The molecular weight excluding hydrogens is 278 g/mol. The molecule has 6 nitrogen and oxygen atoms in total. The van der Waals surface area contributed by atoms with Crippen molar-refractivity contribution in [2.75, 3.05) is 7.11 Å². The van der Waals surface area contributed by atoms with E-state index in [2.05, 4.69) is 15.0 Å². The van der Waals surface area contributed by atoms with E-state index in [9.17, 15) is 9.90 Å². The first kappa shape index (κ1) is 13.0. The molecule has 1 N–H and O–H groups in total. The van der Waals surface area contributed by atoms with Gasteiger partial charge in [-0.3, -0.25) is 4.79 Å². The lowest BCUT2D eigenvalue weighted by atomic mass is 9.91. The standard InChI is InChI=1S/C13H13N3O3S/c1-19-10-5-8(14-6-15-10)12-16-11-7(13(17)18)3-2-4-9(11)20-12/h5-7H,2-4H2,1H3,(H,17,18). The number of aromatic nitrogens is 3. The second-order valence-electron chi connectivity index (χ2n) is 4.56. The molecule has 2 aromatic rings. The summed E-state index contributed by atoms with van der Waals surface area (Å²) in [6.45, 7) is 0. The van der Waals surface area contributed by atoms with Gasteiger partial charge in [-0.1, -0.05) is 0 Å². The van der Waals surface area contributed by atoms with Gasteiger partial charge in [0.05, 0.1) is 12.8 Å². The molecule has 2 aromatic heterocycles. The van der Waals surface area contributed by atoms with E-state index in [1.54, 1.807) is 13.2 Å². The summed E-state index contributed by atoms with van der Waals surface area (Å²) >= 11 is 1.51. The molecule has 104 valence electrons. The van der Waals surface area contributed by atoms with Crippen molar-refractivity contribution < 1.29 is 14.6 Å². The fraction of sp³-hybridized carbons (Fsp3) is 0.385. The van der Waals surface area contributed by atoms with Crippen LogP contribution in [0.5, 0.6) is 5.88 Å². The first-order valence-electron chi connectivity index (χ1n) is 6.28. The van der Waals surface area contributed by atoms with E-state index in [1.807, 2.05) is 0 Å². The van der Waals surface area contributed by atoms with E-state index in [0.29, 0.717) is 23.7 Å². The molecule has 0 aromatic carbocycles. The quantitative estimate of drug-likeness (QED) is 0.932. The number of hydrogen-bond donors (Lipinski definition) is 1. The van der Waals surface area contributed by atoms with Gasteiger partial charge in [0.1, 0.15) is 22.9 Å². The smallest absolute Gasteiger partial charge is 0.312 e. The number of hydrogen-bond acceptors (Lipinski definition) is 6. The molecule has 1 aliphatic rings. The lowest BCUT2D eigenvalue weighted by molar-refractivity contribution is -0.139. The molecule has 0 aliphatic heterocycles. The van der Waals surface area contributed by atoms with Gasteiger partial charge in [0, 0.05) is 10.9 Å². The van der Waals surface area contributed by atoms with Gasteiger partial charge in [-0.15, -0.1) is 11.3 Å². The van der Waals surface area contributed by atoms with Crippen LogP contribution in [0.25, 0.3) is 10.7 Å². The Kier molecular flexibility index (Phi) is 3.35. The van der Waals surface area contributed by atoms with E-state index in [4.69, 9.17) is 4.74 Å². The van der Waals surface area contributed by atoms with Crippen molar-refractivity contribution in [3.05, 3.63) is 23.0 Å². The minimum absolute atomic E-state index is 0.470. The monoisotopic (exact) mass is 291 g/mol. The number of nitrogens with zero attached hydrogens (tertiary/aromatic N) is 3. The minimum atomic E-state index is -0.803. The molecule has 0 saturated heterocycles. The zero-order valence-corrected chi connectivity index (χ0v) is 11.7. The van der Waals surface area contributed by atoms with Crippen molar-refractivity contribution in [3.8, 4) is 16.6 Å². The van der Waals surface area contributed by atoms with Gasteiger partial charge in [0.2, 0.25) is 5.88 Å². The summed E-state index contributed by atoms with van der Waals surface area (Å²) in [5.41, 5.74) is 1.36. The molecule has 2 heterocycles. The van der Waals surface area contributed by atoms with Gasteiger partial charge >= 0.3 is 5.97 Å². The van der Waals surface area contributed by atoms with Crippen molar-refractivity contribution in [3.63, 3.8) is 0 Å². The average Bonchev–Trinajstić information content (AvgIpc) is 2.91. The number of rotatable bonds is 3. The number of carboxylic acids is 1. The highest BCUT2D eigenvalue weighted by atomic mass is 32.1. The fourth-order valence-electron chi connectivity index (χ4n) is 2.34. The lowest BCUT2D eigenvalue weighted by Crippen LogP contribution is -2.17. The molecule has 0 amide bonds. The van der Waals surface area contributed by atoms with Gasteiger partial charge in [-0.2, -0.15) is 0 Å². The van der Waals surface area contributed by atoms with Gasteiger partial charge in [-0.25, -0.2) is 15.0 Å². The van der Waals surface area contributed by atoms with Crippen molar-refractivity contribution in [1.29, 1.82) is 0 Å². The molecule has 0 saturated carbocycles. The van der Waals surface area contributed by atoms with Crippen LogP contribution in [-0.2, 0) is 11.2 Å². The largest absolute Gasteiger partial charge is 0.481 e. The fourth-order valence-corrected chi connectivity index (χ4v) is 3.47. The van der Waals surface area contributed by atoms with Gasteiger partial charge in [-0.05, 0) is 19.3 Å². The van der Waals surface area contributed by atoms with Crippen LogP contribution in [0.4, 0.5) is 0 Å². The van der Waals surface area contributed by atoms with Crippen LogP contribution >= 0.6 is 11.3 Å². The third kappa shape index (κ3) is 2.24. The first-order valence-corrected chi connectivity index (χ1v) is 7.09. The third-order valence-corrected chi connectivity index (χ3v) is 4.48. The van der Waals surface area contributed by atoms with Gasteiger partial charge < -0.3 is 9.84 Å². The molecule has 0 spiro atoms. The SMILES string of the molecule is COc1cc(-c2nc3c(s2)CCCC3C(=O)O)ncn1. The van der Waals surface area contributed by atoms with Gasteiger partial charge in [0.25, 0.3) is 0 Å². The van der Waals surface area contributed by atoms with Crippen LogP contribution in [0.3, 0.4) is 0 Å². The maximum absolute atomic E-state index is 11.3. The Bertz CT molecular complexity index is 656. The molecule has 0 radical (unpaired) electrons. The average molecular weight is 291 g/mol. The zero-order chi connectivity index (χ0) is 14.1. The topological polar surface area (TPSA) is 85.2 Å². The summed E-state index contributed by atoms with van der Waals surface area (Å²) in [4.78, 5) is 25.0. The van der Waals surface area contributed by atoms with Crippen LogP contribution in [0.2, 0.25) is 0 Å². The first-order chi connectivity index (χ1) is 9.69. The highest BCUT2D eigenvalue weighted by molar-refractivity contribution is 7.15. The summed E-state index contributed by atoms with van der Waals surface area (Å²) in [5.74, 6) is -0.825. The molecule has 7 heteroatoms. The normalized spacial score (nSPS) is 17.6. The maximum atomic E-state index is 11.3. The van der Waals surface area contributed by atoms with E-state index in [1.165, 1.54) is 17.7 Å². The predicted molar refractivity (Wildman–Crippen MR) is 73.0 cm³/mol. The van der Waals surface area contributed by atoms with Crippen molar-refractivity contribution in [1.82, 2.24) is 15.0 Å². The molecule has 0 bridgehead atoms. The van der Waals surface area contributed by atoms with Crippen LogP contribution < -0.4 is 4.74 Å². The Balaban J connectivity index is 2.02. The van der Waals surface area contributed by atoms with E-state index >= 15 is 0 Å². The van der Waals surface area contributed by atoms with E-state index in [-0.39, 0.29) is 0 Å². The number of aliphatic carboxylic acids is 1. The minimum Gasteiger partial charge on any atom is -0.481 e. The second-order valence-corrected chi connectivity index (χ2v) is 5.64. The van der Waals surface area contributed by atoms with Crippen molar-refractivity contribution in [2.45, 2.75) is 25.2 Å². The van der Waals surface area contributed by atoms with Crippen molar-refractivity contribution in [2.24, 2.45) is 0 Å². The molecule has 20 heavy (non-hydrogen) atoms. The Morgan fingerprint density at radius 1 is 1.50 bits per heavy atom. The summed E-state index contributed by atoms with van der Waals surface area (Å²) in [6.07, 6.45) is 3.85. The number of carbonyl (C=O) groups is 1. The van der Waals surface area contributed by atoms with E-state index in [0.717, 1.165) is 22.7 Å². The summed E-state index contributed by atoms with van der Waals surface area (Å²) in [7, 11) is 1.54. The molecule has 1 aliphatic carbocycles. The number of ether oxygens (including phenoxy) is 1. The highest BCUT2D eigenvalue weighted by Crippen LogP contribution is 2.38. The van der Waals surface area contributed by atoms with Crippen LogP contribution in [-0.4, -0.2) is 33.1 Å². The molecule has 3 rings (SSSR count). The predicted octanol–water partition coefficient (Wildman–Crippen LogP) is 2.11. The molecule has 1 atom stereocenters. The van der Waals surface area contributed by atoms with Crippen LogP contribution in [0, 0.1) is 0 Å². The van der Waals surface area contributed by atoms with Crippen molar-refractivity contribution >= 4 is 17.3 Å². The number of methoxy groups -OCH3 is 1. The highest BCUT2D eigenvalue weighted by Gasteiger charge is 2.30. The van der Waals surface area contributed by atoms with Crippen LogP contribution in [0.1, 0.15) is 29.3 Å². The Morgan fingerprint density at radius 3 is 3.10 bits per heavy atom. The summed E-state index contributed by atoms with van der Waals surface area (Å²) in [6, 6.07) is 1.71. The number of fused-ring (bicyclic) bond motifs is 1. The Labute approximate surface area is 119 Å². The molecule has 1 unspecified atom stereocenters. The number of carboxylic acid groups (broad SMARTS) is 1. The number of thiazole rings is 1. The molecular formula is C13H13N3O3S. The summed E-state index contributed by atoms with van der Waals surface area (Å²) < 4.78 is 5.07. The molecule has 0 fully saturated rings. The summed E-state index contributed by atoms with van der Waals surface area (Å²) in [5, 5.41) is 9.99. The van der Waals surface area contributed by atoms with Gasteiger partial charge in [0.15, 0.2) is 0 Å². The number of aryl methyl sites for hydroxylation is 1. The van der Waals surface area contributed by atoms with E-state index < -0.39 is 11.9 Å². The lowest BCUT2D eigenvalue weighted by Gasteiger charge is -2.16. The third-order valence-electron chi connectivity index (χ3n) is 3.32. The zero-order valence-electron chi connectivity index (χ0n) is 10.9. The maximum Gasteiger partial charge on any atom is 0.312 e. The Morgan fingerprint density at radius 2 is 2.35 bits per heavy atom. The Hall–Kier alpha value is -2.02.